The maximum absolute atomic E-state index is 13.4. The van der Waals surface area contributed by atoms with Crippen LogP contribution in [-0.4, -0.2) is 18.5 Å². The fourth-order valence-corrected chi connectivity index (χ4v) is 1.94. The Balaban J connectivity index is 1.88. The standard InChI is InChI=1S/C17H12ClF2NO3/c18-12-5-2-1-4-11(12)8-9-16(23)24-10-15(22)21-17-13(19)6-3-7-14(17)20/h1-9H,10H2,(H,21,22). The van der Waals surface area contributed by atoms with Crippen LogP contribution in [0.1, 0.15) is 5.56 Å². The first-order chi connectivity index (χ1) is 11.5. The Labute approximate surface area is 141 Å². The first kappa shape index (κ1) is 17.6. The van der Waals surface area contributed by atoms with Crippen molar-refractivity contribution in [1.82, 2.24) is 0 Å². The molecule has 1 amide bonds. The molecule has 0 bridgehead atoms. The quantitative estimate of drug-likeness (QED) is 0.658. The van der Waals surface area contributed by atoms with E-state index in [1.807, 2.05) is 5.32 Å². The molecule has 0 fully saturated rings. The van der Waals surface area contributed by atoms with Gasteiger partial charge in [0.05, 0.1) is 0 Å². The Bertz CT molecular complexity index is 773. The van der Waals surface area contributed by atoms with Crippen molar-refractivity contribution in [2.45, 2.75) is 0 Å². The molecule has 2 aromatic rings. The minimum Gasteiger partial charge on any atom is -0.452 e. The minimum atomic E-state index is -0.923. The Morgan fingerprint density at radius 2 is 1.75 bits per heavy atom. The van der Waals surface area contributed by atoms with E-state index >= 15 is 0 Å². The van der Waals surface area contributed by atoms with E-state index < -0.39 is 35.8 Å². The highest BCUT2D eigenvalue weighted by atomic mass is 35.5. The number of halogens is 3. The maximum atomic E-state index is 13.4. The van der Waals surface area contributed by atoms with Gasteiger partial charge in [0.2, 0.25) is 0 Å². The molecule has 0 aliphatic rings. The number of esters is 1. The zero-order valence-corrected chi connectivity index (χ0v) is 13.0. The number of benzene rings is 2. The minimum absolute atomic E-state index is 0.453. The zero-order chi connectivity index (χ0) is 17.5. The van der Waals surface area contributed by atoms with E-state index in [0.29, 0.717) is 10.6 Å². The van der Waals surface area contributed by atoms with E-state index in [1.54, 1.807) is 24.3 Å². The number of para-hydroxylation sites is 1. The van der Waals surface area contributed by atoms with Gasteiger partial charge in [0, 0.05) is 11.1 Å². The molecule has 124 valence electrons. The van der Waals surface area contributed by atoms with Gasteiger partial charge in [-0.05, 0) is 29.8 Å². The van der Waals surface area contributed by atoms with Crippen molar-refractivity contribution in [3.05, 3.63) is 70.8 Å². The number of carbonyl (C=O) groups excluding carboxylic acids is 2. The molecule has 0 saturated heterocycles. The summed E-state index contributed by atoms with van der Waals surface area (Å²) in [5.74, 6) is -3.50. The number of nitrogens with one attached hydrogen (secondary N) is 1. The van der Waals surface area contributed by atoms with Gasteiger partial charge in [-0.3, -0.25) is 4.79 Å². The largest absolute Gasteiger partial charge is 0.452 e. The molecule has 0 radical (unpaired) electrons. The first-order valence-corrected chi connectivity index (χ1v) is 7.18. The van der Waals surface area contributed by atoms with Crippen LogP contribution in [0.15, 0.2) is 48.5 Å². The van der Waals surface area contributed by atoms with E-state index in [-0.39, 0.29) is 0 Å². The van der Waals surface area contributed by atoms with Gasteiger partial charge < -0.3 is 10.1 Å². The van der Waals surface area contributed by atoms with Crippen LogP contribution in [0, 0.1) is 11.6 Å². The number of anilines is 1. The molecule has 0 saturated carbocycles. The third-order valence-corrected chi connectivity index (χ3v) is 3.22. The van der Waals surface area contributed by atoms with Gasteiger partial charge in [-0.2, -0.15) is 0 Å². The highest BCUT2D eigenvalue weighted by molar-refractivity contribution is 6.32. The van der Waals surface area contributed by atoms with Crippen molar-refractivity contribution < 1.29 is 23.1 Å². The number of rotatable bonds is 5. The lowest BCUT2D eigenvalue weighted by atomic mass is 10.2. The molecule has 0 aliphatic carbocycles. The predicted octanol–water partition coefficient (Wildman–Crippen LogP) is 3.81. The molecule has 1 N–H and O–H groups in total. The van der Waals surface area contributed by atoms with Crippen LogP contribution in [0.2, 0.25) is 5.02 Å². The molecule has 0 atom stereocenters. The topological polar surface area (TPSA) is 55.4 Å². The summed E-state index contributed by atoms with van der Waals surface area (Å²) in [7, 11) is 0. The number of hydrogen-bond donors (Lipinski definition) is 1. The highest BCUT2D eigenvalue weighted by Crippen LogP contribution is 2.18. The molecule has 0 spiro atoms. The second-order valence-corrected chi connectivity index (χ2v) is 5.01. The Hall–Kier alpha value is -2.73. The van der Waals surface area contributed by atoms with Crippen molar-refractivity contribution in [3.8, 4) is 0 Å². The molecule has 0 unspecified atom stereocenters. The van der Waals surface area contributed by atoms with Crippen molar-refractivity contribution in [3.63, 3.8) is 0 Å². The number of hydrogen-bond acceptors (Lipinski definition) is 3. The Morgan fingerprint density at radius 1 is 1.08 bits per heavy atom. The summed E-state index contributed by atoms with van der Waals surface area (Å²) >= 11 is 5.92. The second kappa shape index (κ2) is 8.21. The van der Waals surface area contributed by atoms with Crippen LogP contribution in [0.3, 0.4) is 0 Å². The SMILES string of the molecule is O=C(COC(=O)C=Cc1ccccc1Cl)Nc1c(F)cccc1F. The fourth-order valence-electron chi connectivity index (χ4n) is 1.75. The van der Waals surface area contributed by atoms with Gasteiger partial charge in [-0.25, -0.2) is 13.6 Å². The van der Waals surface area contributed by atoms with Crippen molar-refractivity contribution in [2.24, 2.45) is 0 Å². The third kappa shape index (κ3) is 4.89. The molecule has 0 aliphatic heterocycles. The first-order valence-electron chi connectivity index (χ1n) is 6.80. The lowest BCUT2D eigenvalue weighted by Crippen LogP contribution is -2.21. The van der Waals surface area contributed by atoms with E-state index in [1.165, 1.54) is 12.1 Å². The zero-order valence-electron chi connectivity index (χ0n) is 12.3. The molecule has 7 heteroatoms. The summed E-state index contributed by atoms with van der Waals surface area (Å²) in [5.41, 5.74) is 0.0131. The number of carbonyl (C=O) groups is 2. The summed E-state index contributed by atoms with van der Waals surface area (Å²) in [6.07, 6.45) is 2.53. The van der Waals surface area contributed by atoms with Crippen LogP contribution >= 0.6 is 11.6 Å². The summed E-state index contributed by atoms with van der Waals surface area (Å²) in [6, 6.07) is 9.99. The van der Waals surface area contributed by atoms with Crippen LogP contribution in [-0.2, 0) is 14.3 Å². The summed E-state index contributed by atoms with van der Waals surface area (Å²) in [4.78, 5) is 23.1. The smallest absolute Gasteiger partial charge is 0.331 e. The van der Waals surface area contributed by atoms with Gasteiger partial charge in [-0.1, -0.05) is 35.9 Å². The summed E-state index contributed by atoms with van der Waals surface area (Å²) < 4.78 is 31.4. The van der Waals surface area contributed by atoms with E-state index in [0.717, 1.165) is 18.2 Å². The van der Waals surface area contributed by atoms with Gasteiger partial charge >= 0.3 is 5.97 Å². The Morgan fingerprint density at radius 3 is 2.42 bits per heavy atom. The third-order valence-electron chi connectivity index (χ3n) is 2.88. The van der Waals surface area contributed by atoms with Gasteiger partial charge in [0.15, 0.2) is 6.61 Å². The fraction of sp³-hybridized carbons (Fsp3) is 0.0588. The van der Waals surface area contributed by atoms with Gasteiger partial charge in [0.25, 0.3) is 5.91 Å². The molecular formula is C17H12ClF2NO3. The van der Waals surface area contributed by atoms with Crippen LogP contribution < -0.4 is 5.32 Å². The summed E-state index contributed by atoms with van der Waals surface area (Å²) in [6.45, 7) is -0.681. The van der Waals surface area contributed by atoms with Crippen molar-refractivity contribution >= 4 is 35.2 Å². The normalized spacial score (nSPS) is 10.6. The number of ether oxygens (including phenoxy) is 1. The predicted molar refractivity (Wildman–Crippen MR) is 86.4 cm³/mol. The lowest BCUT2D eigenvalue weighted by Gasteiger charge is -2.07. The molecule has 24 heavy (non-hydrogen) atoms. The molecule has 4 nitrogen and oxygen atoms in total. The maximum Gasteiger partial charge on any atom is 0.331 e. The van der Waals surface area contributed by atoms with Crippen LogP contribution in [0.25, 0.3) is 6.08 Å². The van der Waals surface area contributed by atoms with E-state index in [4.69, 9.17) is 16.3 Å². The van der Waals surface area contributed by atoms with Crippen LogP contribution in [0.4, 0.5) is 14.5 Å². The van der Waals surface area contributed by atoms with E-state index in [9.17, 15) is 18.4 Å². The molecule has 0 aromatic heterocycles. The average molecular weight is 352 g/mol. The van der Waals surface area contributed by atoms with Crippen LogP contribution in [0.5, 0.6) is 0 Å². The van der Waals surface area contributed by atoms with E-state index in [2.05, 4.69) is 0 Å². The van der Waals surface area contributed by atoms with Crippen molar-refractivity contribution in [2.75, 3.05) is 11.9 Å². The van der Waals surface area contributed by atoms with Gasteiger partial charge in [-0.15, -0.1) is 0 Å². The average Bonchev–Trinajstić information content (AvgIpc) is 2.56. The monoisotopic (exact) mass is 351 g/mol. The van der Waals surface area contributed by atoms with Gasteiger partial charge in [0.1, 0.15) is 17.3 Å². The number of amides is 1. The molecular weight excluding hydrogens is 340 g/mol. The lowest BCUT2D eigenvalue weighted by molar-refractivity contribution is -0.142. The highest BCUT2D eigenvalue weighted by Gasteiger charge is 2.12. The molecule has 2 aromatic carbocycles. The second-order valence-electron chi connectivity index (χ2n) is 4.61. The molecule has 2 rings (SSSR count). The Kier molecular flexibility index (Phi) is 6.03. The summed E-state index contributed by atoms with van der Waals surface area (Å²) in [5, 5.41) is 2.46. The molecule has 0 heterocycles. The van der Waals surface area contributed by atoms with Crippen molar-refractivity contribution in [1.29, 1.82) is 0 Å².